The molecule has 0 bridgehead atoms. The van der Waals surface area contributed by atoms with Crippen molar-refractivity contribution in [2.75, 3.05) is 19.8 Å². The number of hydrogen-bond donors (Lipinski definition) is 1. The molecule has 0 aliphatic carbocycles. The summed E-state index contributed by atoms with van der Waals surface area (Å²) in [6.45, 7) is 5.66. The van der Waals surface area contributed by atoms with Crippen LogP contribution in [0.15, 0.2) is 23.1 Å². The molecule has 0 unspecified atom stereocenters. The average Bonchev–Trinajstić information content (AvgIpc) is 2.54. The fourth-order valence-electron chi connectivity index (χ4n) is 2.88. The summed E-state index contributed by atoms with van der Waals surface area (Å²) >= 11 is 0. The fourth-order valence-corrected chi connectivity index (χ4v) is 4.18. The van der Waals surface area contributed by atoms with Gasteiger partial charge < -0.3 is 14.2 Å². The second-order valence-corrected chi connectivity index (χ2v) is 8.02. The summed E-state index contributed by atoms with van der Waals surface area (Å²) in [5, 5.41) is 0. The smallest absolute Gasteiger partial charge is 0.240 e. The number of nitrogens with one attached hydrogen (secondary N) is 1. The van der Waals surface area contributed by atoms with Gasteiger partial charge in [0.15, 0.2) is 11.5 Å². The maximum Gasteiger partial charge on any atom is 0.240 e. The Labute approximate surface area is 137 Å². The Morgan fingerprint density at radius 3 is 2.61 bits per heavy atom. The molecule has 1 aromatic carbocycles. The quantitative estimate of drug-likeness (QED) is 0.906. The molecule has 7 heteroatoms. The SMILES string of the molecule is CC(C)[C@H]1C[C@@H](NS(=O)(=O)c2ccc3c(c2)OCCO3)CCO1. The maximum atomic E-state index is 12.6. The van der Waals surface area contributed by atoms with E-state index in [0.717, 1.165) is 0 Å². The lowest BCUT2D eigenvalue weighted by molar-refractivity contribution is -0.0211. The first kappa shape index (κ1) is 16.5. The van der Waals surface area contributed by atoms with E-state index >= 15 is 0 Å². The van der Waals surface area contributed by atoms with Crippen LogP contribution in [-0.4, -0.2) is 40.4 Å². The van der Waals surface area contributed by atoms with E-state index in [1.807, 2.05) is 0 Å². The molecule has 0 radical (unpaired) electrons. The van der Waals surface area contributed by atoms with Crippen molar-refractivity contribution in [1.82, 2.24) is 4.72 Å². The first-order chi connectivity index (χ1) is 11.0. The minimum absolute atomic E-state index is 0.0942. The van der Waals surface area contributed by atoms with Gasteiger partial charge in [-0.3, -0.25) is 0 Å². The minimum atomic E-state index is -3.58. The second kappa shape index (κ2) is 6.67. The highest BCUT2D eigenvalue weighted by Gasteiger charge is 2.29. The third-order valence-electron chi connectivity index (χ3n) is 4.20. The van der Waals surface area contributed by atoms with Crippen molar-refractivity contribution in [2.24, 2.45) is 5.92 Å². The Balaban J connectivity index is 1.74. The Hall–Kier alpha value is -1.31. The zero-order valence-electron chi connectivity index (χ0n) is 13.4. The molecule has 128 valence electrons. The fraction of sp³-hybridized carbons (Fsp3) is 0.625. The number of ether oxygens (including phenoxy) is 3. The molecule has 3 rings (SSSR count). The molecule has 1 aromatic rings. The summed E-state index contributed by atoms with van der Waals surface area (Å²) < 4.78 is 44.6. The van der Waals surface area contributed by atoms with E-state index in [1.165, 1.54) is 6.07 Å². The van der Waals surface area contributed by atoms with Crippen LogP contribution in [0.3, 0.4) is 0 Å². The van der Waals surface area contributed by atoms with Gasteiger partial charge in [0.1, 0.15) is 13.2 Å². The third-order valence-corrected chi connectivity index (χ3v) is 5.72. The van der Waals surface area contributed by atoms with Crippen molar-refractivity contribution in [1.29, 1.82) is 0 Å². The number of fused-ring (bicyclic) bond motifs is 1. The van der Waals surface area contributed by atoms with Crippen molar-refractivity contribution in [3.63, 3.8) is 0 Å². The van der Waals surface area contributed by atoms with E-state index in [2.05, 4.69) is 18.6 Å². The first-order valence-corrected chi connectivity index (χ1v) is 9.47. The van der Waals surface area contributed by atoms with Crippen molar-refractivity contribution in [3.05, 3.63) is 18.2 Å². The van der Waals surface area contributed by atoms with Gasteiger partial charge in [0.05, 0.1) is 11.0 Å². The average molecular weight is 341 g/mol. The maximum absolute atomic E-state index is 12.6. The zero-order valence-corrected chi connectivity index (χ0v) is 14.3. The van der Waals surface area contributed by atoms with Crippen LogP contribution in [0.1, 0.15) is 26.7 Å². The van der Waals surface area contributed by atoms with Crippen LogP contribution in [-0.2, 0) is 14.8 Å². The van der Waals surface area contributed by atoms with E-state index in [4.69, 9.17) is 14.2 Å². The Morgan fingerprint density at radius 2 is 1.87 bits per heavy atom. The number of benzene rings is 1. The lowest BCUT2D eigenvalue weighted by Crippen LogP contribution is -2.43. The van der Waals surface area contributed by atoms with E-state index in [-0.39, 0.29) is 17.0 Å². The lowest BCUT2D eigenvalue weighted by atomic mass is 9.96. The van der Waals surface area contributed by atoms with Gasteiger partial charge in [0.2, 0.25) is 10.0 Å². The van der Waals surface area contributed by atoms with Crippen LogP contribution < -0.4 is 14.2 Å². The monoisotopic (exact) mass is 341 g/mol. The Bertz CT molecular complexity index is 658. The summed E-state index contributed by atoms with van der Waals surface area (Å²) in [5.41, 5.74) is 0. The summed E-state index contributed by atoms with van der Waals surface area (Å²) in [4.78, 5) is 0.203. The van der Waals surface area contributed by atoms with Crippen LogP contribution >= 0.6 is 0 Å². The van der Waals surface area contributed by atoms with Crippen LogP contribution in [0, 0.1) is 5.92 Å². The molecule has 0 aromatic heterocycles. The molecule has 1 N–H and O–H groups in total. The van der Waals surface area contributed by atoms with Crippen LogP contribution in [0.2, 0.25) is 0 Å². The number of rotatable bonds is 4. The molecule has 2 aliphatic heterocycles. The molecular weight excluding hydrogens is 318 g/mol. The van der Waals surface area contributed by atoms with Gasteiger partial charge in [-0.15, -0.1) is 0 Å². The third kappa shape index (κ3) is 3.79. The molecule has 2 aliphatic rings. The van der Waals surface area contributed by atoms with Crippen molar-refractivity contribution in [3.8, 4) is 11.5 Å². The van der Waals surface area contributed by atoms with Crippen molar-refractivity contribution < 1.29 is 22.6 Å². The Morgan fingerprint density at radius 1 is 1.13 bits per heavy atom. The van der Waals surface area contributed by atoms with Gasteiger partial charge >= 0.3 is 0 Å². The van der Waals surface area contributed by atoms with Crippen molar-refractivity contribution in [2.45, 2.75) is 43.7 Å². The molecule has 1 saturated heterocycles. The number of hydrogen-bond acceptors (Lipinski definition) is 5. The summed E-state index contributed by atoms with van der Waals surface area (Å²) in [5.74, 6) is 1.43. The first-order valence-electron chi connectivity index (χ1n) is 7.99. The van der Waals surface area contributed by atoms with Gasteiger partial charge in [-0.1, -0.05) is 13.8 Å². The normalized spacial score (nSPS) is 24.7. The topological polar surface area (TPSA) is 73.9 Å². The molecule has 6 nitrogen and oxygen atoms in total. The molecule has 23 heavy (non-hydrogen) atoms. The predicted octanol–water partition coefficient (Wildman–Crippen LogP) is 1.94. The lowest BCUT2D eigenvalue weighted by Gasteiger charge is -2.32. The standard InChI is InChI=1S/C16H23NO5S/c1-11(2)15-9-12(5-6-20-15)17-23(18,19)13-3-4-14-16(10-13)22-8-7-21-14/h3-4,10-12,15,17H,5-9H2,1-2H3/t12-,15+/m0/s1. The minimum Gasteiger partial charge on any atom is -0.486 e. The largest absolute Gasteiger partial charge is 0.486 e. The molecule has 1 fully saturated rings. The second-order valence-electron chi connectivity index (χ2n) is 6.30. The van der Waals surface area contributed by atoms with E-state index in [9.17, 15) is 8.42 Å². The van der Waals surface area contributed by atoms with E-state index in [1.54, 1.807) is 12.1 Å². The van der Waals surface area contributed by atoms with Gasteiger partial charge in [0, 0.05) is 18.7 Å². The predicted molar refractivity (Wildman–Crippen MR) is 85.4 cm³/mol. The van der Waals surface area contributed by atoms with Gasteiger partial charge in [-0.05, 0) is 30.9 Å². The van der Waals surface area contributed by atoms with Crippen LogP contribution in [0.4, 0.5) is 0 Å². The van der Waals surface area contributed by atoms with Crippen molar-refractivity contribution >= 4 is 10.0 Å². The molecular formula is C16H23NO5S. The highest BCUT2D eigenvalue weighted by Crippen LogP contribution is 2.32. The highest BCUT2D eigenvalue weighted by molar-refractivity contribution is 7.89. The summed E-state index contributed by atoms with van der Waals surface area (Å²) in [6.07, 6.45) is 1.48. The van der Waals surface area contributed by atoms with Gasteiger partial charge in [0.25, 0.3) is 0 Å². The van der Waals surface area contributed by atoms with Crippen LogP contribution in [0.5, 0.6) is 11.5 Å². The Kier molecular flexibility index (Phi) is 4.79. The number of sulfonamides is 1. The zero-order chi connectivity index (χ0) is 16.4. The van der Waals surface area contributed by atoms with E-state index < -0.39 is 10.0 Å². The molecule has 0 amide bonds. The summed E-state index contributed by atoms with van der Waals surface area (Å²) in [6, 6.07) is 4.61. The molecule has 2 heterocycles. The van der Waals surface area contributed by atoms with Gasteiger partial charge in [-0.25, -0.2) is 13.1 Å². The summed E-state index contributed by atoms with van der Waals surface area (Å²) in [7, 11) is -3.58. The van der Waals surface area contributed by atoms with Gasteiger partial charge in [-0.2, -0.15) is 0 Å². The van der Waals surface area contributed by atoms with Crippen LogP contribution in [0.25, 0.3) is 0 Å². The molecule has 0 saturated carbocycles. The highest BCUT2D eigenvalue weighted by atomic mass is 32.2. The van der Waals surface area contributed by atoms with E-state index in [0.29, 0.717) is 50.1 Å². The molecule has 2 atom stereocenters. The molecule has 0 spiro atoms.